The van der Waals surface area contributed by atoms with E-state index in [1.54, 1.807) is 30.3 Å². The summed E-state index contributed by atoms with van der Waals surface area (Å²) >= 11 is 0. The van der Waals surface area contributed by atoms with Crippen molar-refractivity contribution in [2.75, 3.05) is 0 Å². The van der Waals surface area contributed by atoms with Gasteiger partial charge in [-0.15, -0.1) is 0 Å². The molecule has 0 heterocycles. The summed E-state index contributed by atoms with van der Waals surface area (Å²) in [5, 5.41) is 3.55. The first-order valence-corrected chi connectivity index (χ1v) is 5.99. The van der Waals surface area contributed by atoms with Gasteiger partial charge in [0.1, 0.15) is 5.75 Å². The van der Waals surface area contributed by atoms with Crippen molar-refractivity contribution in [3.05, 3.63) is 65.7 Å². The summed E-state index contributed by atoms with van der Waals surface area (Å²) in [5.74, 6) is 0.487. The summed E-state index contributed by atoms with van der Waals surface area (Å²) in [5.41, 5.74) is 7.44. The first-order valence-electron chi connectivity index (χ1n) is 5.99. The lowest BCUT2D eigenvalue weighted by atomic mass is 10.1. The van der Waals surface area contributed by atoms with E-state index in [2.05, 4.69) is 9.99 Å². The maximum absolute atomic E-state index is 11.4. The second-order valence-corrected chi connectivity index (χ2v) is 4.10. The van der Waals surface area contributed by atoms with Crippen molar-refractivity contribution in [2.24, 2.45) is 10.9 Å². The first-order chi connectivity index (χ1) is 9.65. The van der Waals surface area contributed by atoms with Crippen LogP contribution in [0.1, 0.15) is 11.1 Å². The summed E-state index contributed by atoms with van der Waals surface area (Å²) in [4.78, 5) is 16.0. The van der Waals surface area contributed by atoms with Crippen LogP contribution in [0.25, 0.3) is 0 Å². The highest BCUT2D eigenvalue weighted by Crippen LogP contribution is 2.09. The molecule has 20 heavy (non-hydrogen) atoms. The largest absolute Gasteiger partial charge is 0.540 e. The second-order valence-electron chi connectivity index (χ2n) is 4.10. The molecule has 0 radical (unpaired) electrons. The molecule has 0 bridgehead atoms. The number of nitrogens with zero attached hydrogens (tertiary/aromatic N) is 1. The number of nitrogens with two attached hydrogens (primary N) is 1. The Balaban J connectivity index is 1.97. The smallest absolute Gasteiger partial charge is 0.393 e. The van der Waals surface area contributed by atoms with E-state index in [1.807, 2.05) is 31.2 Å². The Morgan fingerprint density at radius 2 is 1.85 bits per heavy atom. The summed E-state index contributed by atoms with van der Waals surface area (Å²) in [7, 11) is 0. The predicted molar refractivity (Wildman–Crippen MR) is 75.5 cm³/mol. The monoisotopic (exact) mass is 270 g/mol. The van der Waals surface area contributed by atoms with E-state index in [9.17, 15) is 4.79 Å². The van der Waals surface area contributed by atoms with E-state index in [0.29, 0.717) is 11.3 Å². The second kappa shape index (κ2) is 6.38. The fourth-order valence-electron chi connectivity index (χ4n) is 1.55. The molecule has 5 heteroatoms. The first kappa shape index (κ1) is 13.6. The van der Waals surface area contributed by atoms with Crippen LogP contribution in [0.4, 0.5) is 4.79 Å². The number of amidine groups is 1. The molecular weight excluding hydrogens is 256 g/mol. The van der Waals surface area contributed by atoms with Gasteiger partial charge in [-0.1, -0.05) is 47.1 Å². The van der Waals surface area contributed by atoms with Gasteiger partial charge in [0.25, 0.3) is 0 Å². The van der Waals surface area contributed by atoms with Gasteiger partial charge in [-0.3, -0.25) is 4.84 Å². The molecule has 102 valence electrons. The quantitative estimate of drug-likeness (QED) is 0.232. The molecule has 0 fully saturated rings. The zero-order chi connectivity index (χ0) is 14.4. The lowest BCUT2D eigenvalue weighted by Gasteiger charge is -2.03. The lowest BCUT2D eigenvalue weighted by molar-refractivity contribution is 0.102. The van der Waals surface area contributed by atoms with Crippen molar-refractivity contribution in [3.63, 3.8) is 0 Å². The van der Waals surface area contributed by atoms with Crippen LogP contribution in [-0.4, -0.2) is 12.0 Å². The van der Waals surface area contributed by atoms with Crippen LogP contribution in [0.2, 0.25) is 0 Å². The van der Waals surface area contributed by atoms with Crippen molar-refractivity contribution >= 4 is 12.0 Å². The van der Waals surface area contributed by atoms with E-state index < -0.39 is 6.16 Å². The number of oxime groups is 1. The molecule has 0 aromatic heterocycles. The highest BCUT2D eigenvalue weighted by molar-refractivity contribution is 5.97. The third kappa shape index (κ3) is 3.84. The Bertz CT molecular complexity index is 624. The minimum absolute atomic E-state index is 0.110. The van der Waals surface area contributed by atoms with E-state index in [0.717, 1.165) is 5.56 Å². The fraction of sp³-hybridized carbons (Fsp3) is 0.0667. The molecule has 0 atom stereocenters. The number of carbonyl (C=O) groups excluding carboxylic acids is 1. The molecule has 5 nitrogen and oxygen atoms in total. The maximum Gasteiger partial charge on any atom is 0.540 e. The van der Waals surface area contributed by atoms with Crippen molar-refractivity contribution in [1.82, 2.24) is 0 Å². The number of benzene rings is 2. The number of ether oxygens (including phenoxy) is 1. The van der Waals surface area contributed by atoms with Crippen LogP contribution in [0, 0.1) is 6.92 Å². The highest BCUT2D eigenvalue weighted by Gasteiger charge is 2.06. The van der Waals surface area contributed by atoms with Crippen molar-refractivity contribution in [2.45, 2.75) is 6.92 Å². The number of aryl methyl sites for hydroxylation is 1. The SMILES string of the molecule is Cc1cccc(/C(N)=N\OC(=O)Oc2ccccc2)c1. The average Bonchev–Trinajstić information content (AvgIpc) is 2.46. The van der Waals surface area contributed by atoms with E-state index in [-0.39, 0.29) is 5.84 Å². The van der Waals surface area contributed by atoms with Gasteiger partial charge in [0.2, 0.25) is 0 Å². The minimum Gasteiger partial charge on any atom is -0.393 e. The molecule has 0 saturated carbocycles. The zero-order valence-electron chi connectivity index (χ0n) is 10.9. The molecule has 0 amide bonds. The molecule has 0 aliphatic carbocycles. The van der Waals surface area contributed by atoms with Crippen LogP contribution >= 0.6 is 0 Å². The third-order valence-electron chi connectivity index (χ3n) is 2.48. The maximum atomic E-state index is 11.4. The minimum atomic E-state index is -0.938. The van der Waals surface area contributed by atoms with E-state index >= 15 is 0 Å². The molecule has 0 spiro atoms. The predicted octanol–water partition coefficient (Wildman–Crippen LogP) is 2.83. The number of para-hydroxylation sites is 1. The number of carbonyl (C=O) groups is 1. The van der Waals surface area contributed by atoms with Crippen molar-refractivity contribution in [1.29, 1.82) is 0 Å². The molecule has 2 aromatic rings. The van der Waals surface area contributed by atoms with Gasteiger partial charge in [0, 0.05) is 5.56 Å². The number of rotatable bonds is 3. The number of hydrogen-bond donors (Lipinski definition) is 1. The van der Waals surface area contributed by atoms with E-state index in [1.165, 1.54) is 0 Å². The molecule has 0 saturated heterocycles. The van der Waals surface area contributed by atoms with Crippen LogP contribution in [0.15, 0.2) is 59.8 Å². The van der Waals surface area contributed by atoms with Gasteiger partial charge in [-0.05, 0) is 25.1 Å². The summed E-state index contributed by atoms with van der Waals surface area (Å²) in [6, 6.07) is 16.0. The third-order valence-corrected chi connectivity index (χ3v) is 2.48. The molecule has 2 N–H and O–H groups in total. The van der Waals surface area contributed by atoms with Gasteiger partial charge in [-0.25, -0.2) is 4.79 Å². The summed E-state index contributed by atoms with van der Waals surface area (Å²) in [6.45, 7) is 1.93. The van der Waals surface area contributed by atoms with Crippen molar-refractivity contribution < 1.29 is 14.4 Å². The van der Waals surface area contributed by atoms with Crippen LogP contribution < -0.4 is 10.5 Å². The Kier molecular flexibility index (Phi) is 4.34. The highest BCUT2D eigenvalue weighted by atomic mass is 16.8. The fourth-order valence-corrected chi connectivity index (χ4v) is 1.55. The van der Waals surface area contributed by atoms with Crippen LogP contribution in [0.3, 0.4) is 0 Å². The van der Waals surface area contributed by atoms with Crippen LogP contribution in [-0.2, 0) is 4.84 Å². The van der Waals surface area contributed by atoms with Gasteiger partial charge in [0.05, 0.1) is 0 Å². The van der Waals surface area contributed by atoms with Gasteiger partial charge in [-0.2, -0.15) is 0 Å². The number of hydrogen-bond acceptors (Lipinski definition) is 4. The summed E-state index contributed by atoms with van der Waals surface area (Å²) in [6.07, 6.45) is -0.938. The van der Waals surface area contributed by atoms with Gasteiger partial charge in [0.15, 0.2) is 5.84 Å². The molecular formula is C15H14N2O3. The molecule has 0 aliphatic rings. The Labute approximate surface area is 116 Å². The van der Waals surface area contributed by atoms with Crippen LogP contribution in [0.5, 0.6) is 5.75 Å². The Morgan fingerprint density at radius 1 is 1.10 bits per heavy atom. The zero-order valence-corrected chi connectivity index (χ0v) is 10.9. The Hall–Kier alpha value is -2.82. The molecule has 0 unspecified atom stereocenters. The molecule has 2 rings (SSSR count). The summed E-state index contributed by atoms with van der Waals surface area (Å²) < 4.78 is 4.90. The molecule has 2 aromatic carbocycles. The normalized spacial score (nSPS) is 10.9. The van der Waals surface area contributed by atoms with E-state index in [4.69, 9.17) is 10.5 Å². The Morgan fingerprint density at radius 3 is 2.55 bits per heavy atom. The lowest BCUT2D eigenvalue weighted by Crippen LogP contribution is -2.16. The topological polar surface area (TPSA) is 73.9 Å². The van der Waals surface area contributed by atoms with Gasteiger partial charge < -0.3 is 10.5 Å². The van der Waals surface area contributed by atoms with Gasteiger partial charge >= 0.3 is 6.16 Å². The average molecular weight is 270 g/mol. The van der Waals surface area contributed by atoms with Crippen molar-refractivity contribution in [3.8, 4) is 5.75 Å². The molecule has 0 aliphatic heterocycles. The standard InChI is InChI=1S/C15H14N2O3/c1-11-6-5-7-12(10-11)14(16)17-20-15(18)19-13-8-3-2-4-9-13/h2-10H,1H3,(H2,16,17).